The average Bonchev–Trinajstić information content (AvgIpc) is 2.25. The summed E-state index contributed by atoms with van der Waals surface area (Å²) in [4.78, 5) is 15.5. The van der Waals surface area contributed by atoms with Gasteiger partial charge < -0.3 is 10.6 Å². The first kappa shape index (κ1) is 12.8. The van der Waals surface area contributed by atoms with Crippen molar-refractivity contribution in [3.05, 3.63) is 22.3 Å². The molecule has 0 fully saturated rings. The quantitative estimate of drug-likeness (QED) is 0.891. The van der Waals surface area contributed by atoms with Crippen molar-refractivity contribution < 1.29 is 13.6 Å². The molecular formula is C9H10BrF2N3O. The Labute approximate surface area is 99.6 Å². The Morgan fingerprint density at radius 1 is 1.62 bits per heavy atom. The van der Waals surface area contributed by atoms with Crippen molar-refractivity contribution in [3.63, 3.8) is 0 Å². The molecule has 0 aliphatic heterocycles. The van der Waals surface area contributed by atoms with E-state index in [0.717, 1.165) is 0 Å². The van der Waals surface area contributed by atoms with E-state index in [1.54, 1.807) is 7.05 Å². The zero-order valence-corrected chi connectivity index (χ0v) is 10.0. The molecule has 0 spiro atoms. The van der Waals surface area contributed by atoms with Crippen LogP contribution in [0.4, 0.5) is 14.6 Å². The van der Waals surface area contributed by atoms with Crippen LogP contribution in [0.3, 0.4) is 0 Å². The minimum Gasteiger partial charge on any atom is -0.372 e. The number of nitrogens with zero attached hydrogens (tertiary/aromatic N) is 1. The van der Waals surface area contributed by atoms with E-state index in [9.17, 15) is 13.6 Å². The maximum Gasteiger partial charge on any atom is 0.255 e. The second-order valence-electron chi connectivity index (χ2n) is 2.90. The number of halogens is 3. The number of hydrogen-bond acceptors (Lipinski definition) is 3. The summed E-state index contributed by atoms with van der Waals surface area (Å²) in [5.41, 5.74) is 0.220. The van der Waals surface area contributed by atoms with E-state index in [0.29, 0.717) is 10.3 Å². The highest BCUT2D eigenvalue weighted by Crippen LogP contribution is 2.17. The van der Waals surface area contributed by atoms with Gasteiger partial charge in [0.05, 0.1) is 12.1 Å². The lowest BCUT2D eigenvalue weighted by atomic mass is 10.2. The van der Waals surface area contributed by atoms with Gasteiger partial charge >= 0.3 is 0 Å². The zero-order chi connectivity index (χ0) is 12.1. The van der Waals surface area contributed by atoms with Gasteiger partial charge in [-0.1, -0.05) is 0 Å². The highest BCUT2D eigenvalue weighted by atomic mass is 79.9. The summed E-state index contributed by atoms with van der Waals surface area (Å²) in [6.45, 7) is -0.672. The van der Waals surface area contributed by atoms with Crippen LogP contribution in [-0.2, 0) is 0 Å². The Bertz CT molecular complexity index is 387. The third-order valence-corrected chi connectivity index (χ3v) is 2.19. The molecule has 7 heteroatoms. The second-order valence-corrected chi connectivity index (χ2v) is 3.82. The largest absolute Gasteiger partial charge is 0.372 e. The summed E-state index contributed by atoms with van der Waals surface area (Å²) in [5.74, 6) is -0.242. The van der Waals surface area contributed by atoms with Crippen LogP contribution in [0, 0.1) is 0 Å². The predicted molar refractivity (Wildman–Crippen MR) is 59.8 cm³/mol. The van der Waals surface area contributed by atoms with Gasteiger partial charge in [0.25, 0.3) is 12.3 Å². The molecule has 0 bridgehead atoms. The first-order valence-electron chi connectivity index (χ1n) is 4.44. The number of carbonyl (C=O) groups is 1. The molecule has 0 aliphatic rings. The minimum atomic E-state index is -2.57. The Morgan fingerprint density at radius 2 is 2.31 bits per heavy atom. The SMILES string of the molecule is CNc1ncc(Br)cc1C(=O)NCC(F)F. The molecule has 4 nitrogen and oxygen atoms in total. The highest BCUT2D eigenvalue weighted by molar-refractivity contribution is 9.10. The first-order chi connectivity index (χ1) is 7.54. The normalized spacial score (nSPS) is 10.3. The Morgan fingerprint density at radius 3 is 2.88 bits per heavy atom. The van der Waals surface area contributed by atoms with Gasteiger partial charge in [-0.15, -0.1) is 0 Å². The van der Waals surface area contributed by atoms with E-state index in [1.165, 1.54) is 12.3 Å². The molecule has 0 atom stereocenters. The van der Waals surface area contributed by atoms with Crippen LogP contribution in [0.2, 0.25) is 0 Å². The number of rotatable bonds is 4. The third-order valence-electron chi connectivity index (χ3n) is 1.75. The molecule has 0 aliphatic carbocycles. The molecule has 0 radical (unpaired) electrons. The Balaban J connectivity index is 2.84. The molecule has 88 valence electrons. The zero-order valence-electron chi connectivity index (χ0n) is 8.43. The smallest absolute Gasteiger partial charge is 0.255 e. The van der Waals surface area contributed by atoms with Crippen LogP contribution in [-0.4, -0.2) is 30.9 Å². The monoisotopic (exact) mass is 293 g/mol. The summed E-state index contributed by atoms with van der Waals surface area (Å²) < 4.78 is 24.4. The van der Waals surface area contributed by atoms with E-state index < -0.39 is 18.9 Å². The van der Waals surface area contributed by atoms with Crippen LogP contribution < -0.4 is 10.6 Å². The van der Waals surface area contributed by atoms with Crippen molar-refractivity contribution in [1.29, 1.82) is 0 Å². The number of carbonyl (C=O) groups excluding carboxylic acids is 1. The molecule has 0 aromatic carbocycles. The maximum atomic E-state index is 11.9. The molecule has 1 aromatic rings. The van der Waals surface area contributed by atoms with Crippen molar-refractivity contribution in [3.8, 4) is 0 Å². The van der Waals surface area contributed by atoms with Crippen LogP contribution in [0.15, 0.2) is 16.7 Å². The lowest BCUT2D eigenvalue weighted by Gasteiger charge is -2.08. The number of pyridine rings is 1. The number of anilines is 1. The fourth-order valence-electron chi connectivity index (χ4n) is 1.08. The van der Waals surface area contributed by atoms with Gasteiger partial charge in [-0.25, -0.2) is 13.8 Å². The molecule has 1 amide bonds. The maximum absolute atomic E-state index is 11.9. The molecule has 1 aromatic heterocycles. The molecular weight excluding hydrogens is 284 g/mol. The van der Waals surface area contributed by atoms with Crippen molar-refractivity contribution >= 4 is 27.7 Å². The van der Waals surface area contributed by atoms with E-state index in [4.69, 9.17) is 0 Å². The van der Waals surface area contributed by atoms with Crippen molar-refractivity contribution in [2.45, 2.75) is 6.43 Å². The van der Waals surface area contributed by atoms with Gasteiger partial charge in [0.2, 0.25) is 0 Å². The molecule has 0 unspecified atom stereocenters. The molecule has 1 rings (SSSR count). The van der Waals surface area contributed by atoms with Crippen LogP contribution in [0.25, 0.3) is 0 Å². The van der Waals surface area contributed by atoms with Gasteiger partial charge in [-0.3, -0.25) is 4.79 Å². The molecule has 2 N–H and O–H groups in total. The predicted octanol–water partition coefficient (Wildman–Crippen LogP) is 1.88. The minimum absolute atomic E-state index is 0.220. The number of alkyl halides is 2. The summed E-state index contributed by atoms with van der Waals surface area (Å²) in [6, 6.07) is 1.51. The van der Waals surface area contributed by atoms with Gasteiger partial charge in [-0.2, -0.15) is 0 Å². The molecule has 1 heterocycles. The van der Waals surface area contributed by atoms with Gasteiger partial charge in [0.1, 0.15) is 5.82 Å². The molecule has 16 heavy (non-hydrogen) atoms. The summed E-state index contributed by atoms with van der Waals surface area (Å²) >= 11 is 3.16. The summed E-state index contributed by atoms with van der Waals surface area (Å²) in [7, 11) is 1.60. The van der Waals surface area contributed by atoms with Gasteiger partial charge in [0, 0.05) is 17.7 Å². The van der Waals surface area contributed by atoms with Crippen molar-refractivity contribution in [2.75, 3.05) is 18.9 Å². The van der Waals surface area contributed by atoms with Gasteiger partial charge in [0.15, 0.2) is 0 Å². The number of aromatic nitrogens is 1. The lowest BCUT2D eigenvalue weighted by molar-refractivity contribution is 0.0892. The summed E-state index contributed by atoms with van der Waals surface area (Å²) in [6.07, 6.45) is -1.06. The molecule has 0 saturated heterocycles. The Hall–Kier alpha value is -1.24. The van der Waals surface area contributed by atoms with Crippen molar-refractivity contribution in [1.82, 2.24) is 10.3 Å². The summed E-state index contributed by atoms with van der Waals surface area (Å²) in [5, 5.41) is 4.82. The fraction of sp³-hybridized carbons (Fsp3) is 0.333. The van der Waals surface area contributed by atoms with E-state index >= 15 is 0 Å². The number of nitrogens with one attached hydrogen (secondary N) is 2. The Kier molecular flexibility index (Phi) is 4.60. The number of amides is 1. The second kappa shape index (κ2) is 5.74. The highest BCUT2D eigenvalue weighted by Gasteiger charge is 2.13. The van der Waals surface area contributed by atoms with E-state index in [1.807, 2.05) is 0 Å². The average molecular weight is 294 g/mol. The number of hydrogen-bond donors (Lipinski definition) is 2. The van der Waals surface area contributed by atoms with Crippen LogP contribution in [0.1, 0.15) is 10.4 Å². The van der Waals surface area contributed by atoms with Crippen molar-refractivity contribution in [2.24, 2.45) is 0 Å². The first-order valence-corrected chi connectivity index (χ1v) is 5.23. The van der Waals surface area contributed by atoms with Crippen LogP contribution in [0.5, 0.6) is 0 Å². The van der Waals surface area contributed by atoms with Gasteiger partial charge in [-0.05, 0) is 22.0 Å². The van der Waals surface area contributed by atoms with E-state index in [-0.39, 0.29) is 5.56 Å². The standard InChI is InChI=1S/C9H10BrF2N3O/c1-13-8-6(2-5(10)3-14-8)9(16)15-4-7(11)12/h2-3,7H,4H2,1H3,(H,13,14)(H,15,16). The topological polar surface area (TPSA) is 54.0 Å². The fourth-order valence-corrected chi connectivity index (χ4v) is 1.41. The van der Waals surface area contributed by atoms with Crippen LogP contribution >= 0.6 is 15.9 Å². The third kappa shape index (κ3) is 3.41. The lowest BCUT2D eigenvalue weighted by Crippen LogP contribution is -2.29. The van der Waals surface area contributed by atoms with E-state index in [2.05, 4.69) is 31.5 Å². The molecule has 0 saturated carbocycles.